The van der Waals surface area contributed by atoms with Crippen molar-refractivity contribution in [3.63, 3.8) is 0 Å². The molecular weight excluding hydrogens is 412 g/mol. The number of aromatic nitrogens is 4. The fourth-order valence-electron chi connectivity index (χ4n) is 5.02. The summed E-state index contributed by atoms with van der Waals surface area (Å²) in [5.41, 5.74) is 5.89. The van der Waals surface area contributed by atoms with Crippen LogP contribution in [0.25, 0.3) is 39.1 Å². The first kappa shape index (κ1) is 19.9. The van der Waals surface area contributed by atoms with E-state index >= 15 is 0 Å². The van der Waals surface area contributed by atoms with E-state index in [9.17, 15) is 9.90 Å². The summed E-state index contributed by atoms with van der Waals surface area (Å²) in [6.07, 6.45) is 3.18. The minimum Gasteiger partial charge on any atom is -0.390 e. The molecule has 0 aliphatic heterocycles. The van der Waals surface area contributed by atoms with E-state index in [-0.39, 0.29) is 5.43 Å². The molecule has 0 unspecified atom stereocenters. The summed E-state index contributed by atoms with van der Waals surface area (Å²) in [4.78, 5) is 21.7. The summed E-state index contributed by atoms with van der Waals surface area (Å²) in [5.74, 6) is 0.371. The second-order valence-electron chi connectivity index (χ2n) is 9.37. The smallest absolute Gasteiger partial charge is 0.201 e. The Bertz CT molecular complexity index is 1560. The molecule has 0 radical (unpaired) electrons. The fraction of sp³-hybridized carbons (Fsp3) is 0.222. The van der Waals surface area contributed by atoms with Gasteiger partial charge in [0, 0.05) is 12.3 Å². The van der Waals surface area contributed by atoms with Crippen molar-refractivity contribution in [1.29, 1.82) is 0 Å². The summed E-state index contributed by atoms with van der Waals surface area (Å²) < 4.78 is 1.70. The zero-order valence-electron chi connectivity index (χ0n) is 18.5. The number of aliphatic hydroxyl groups is 1. The molecule has 1 aliphatic rings. The quantitative estimate of drug-likeness (QED) is 0.424. The van der Waals surface area contributed by atoms with Gasteiger partial charge in [-0.15, -0.1) is 0 Å². The van der Waals surface area contributed by atoms with Crippen molar-refractivity contribution >= 4 is 16.7 Å². The number of H-pyrrole nitrogens is 1. The predicted molar refractivity (Wildman–Crippen MR) is 129 cm³/mol. The van der Waals surface area contributed by atoms with E-state index in [1.807, 2.05) is 50.2 Å². The second-order valence-corrected chi connectivity index (χ2v) is 9.37. The molecule has 0 saturated heterocycles. The molecule has 2 aromatic carbocycles. The van der Waals surface area contributed by atoms with Gasteiger partial charge < -0.3 is 10.1 Å². The van der Waals surface area contributed by atoms with Gasteiger partial charge in [0.25, 0.3) is 0 Å². The van der Waals surface area contributed by atoms with Crippen LogP contribution in [0.5, 0.6) is 0 Å². The van der Waals surface area contributed by atoms with Crippen molar-refractivity contribution in [2.45, 2.75) is 38.2 Å². The van der Waals surface area contributed by atoms with Crippen LogP contribution >= 0.6 is 0 Å². The number of benzene rings is 2. The van der Waals surface area contributed by atoms with E-state index in [0.29, 0.717) is 28.2 Å². The first-order valence-electron chi connectivity index (χ1n) is 11.2. The zero-order valence-corrected chi connectivity index (χ0v) is 18.5. The summed E-state index contributed by atoms with van der Waals surface area (Å²) in [7, 11) is 0. The van der Waals surface area contributed by atoms with E-state index in [1.54, 1.807) is 10.7 Å². The lowest BCUT2D eigenvalue weighted by molar-refractivity contribution is -0.0313. The molecule has 0 amide bonds. The van der Waals surface area contributed by atoms with Crippen molar-refractivity contribution in [2.24, 2.45) is 0 Å². The van der Waals surface area contributed by atoms with Crippen LogP contribution in [0.1, 0.15) is 36.9 Å². The maximum absolute atomic E-state index is 13.7. The highest BCUT2D eigenvalue weighted by Gasteiger charge is 2.38. The van der Waals surface area contributed by atoms with E-state index in [0.717, 1.165) is 35.4 Å². The Morgan fingerprint density at radius 2 is 1.79 bits per heavy atom. The largest absolute Gasteiger partial charge is 0.390 e. The van der Waals surface area contributed by atoms with Crippen LogP contribution in [-0.4, -0.2) is 30.3 Å². The third kappa shape index (κ3) is 3.26. The molecule has 2 N–H and O–H groups in total. The third-order valence-electron chi connectivity index (χ3n) is 6.68. The summed E-state index contributed by atoms with van der Waals surface area (Å²) in [6.45, 7) is 3.80. The molecule has 0 atom stereocenters. The molecule has 33 heavy (non-hydrogen) atoms. The second kappa shape index (κ2) is 7.12. The highest BCUT2D eigenvalue weighted by atomic mass is 16.3. The number of rotatable bonds is 3. The first-order chi connectivity index (χ1) is 15.9. The van der Waals surface area contributed by atoms with Gasteiger partial charge in [0.2, 0.25) is 5.43 Å². The van der Waals surface area contributed by atoms with Crippen molar-refractivity contribution < 1.29 is 5.11 Å². The number of hydrogen-bond donors (Lipinski definition) is 2. The molecule has 6 nitrogen and oxygen atoms in total. The van der Waals surface area contributed by atoms with Gasteiger partial charge in [-0.1, -0.05) is 54.6 Å². The molecule has 3 heterocycles. The van der Waals surface area contributed by atoms with Crippen molar-refractivity contribution in [3.8, 4) is 22.4 Å². The van der Waals surface area contributed by atoms with Gasteiger partial charge >= 0.3 is 0 Å². The average Bonchev–Trinajstić information content (AvgIpc) is 3.18. The molecule has 1 fully saturated rings. The molecule has 3 aromatic heterocycles. The Labute approximate surface area is 190 Å². The van der Waals surface area contributed by atoms with Gasteiger partial charge in [0.05, 0.1) is 27.9 Å². The zero-order chi connectivity index (χ0) is 22.7. The maximum atomic E-state index is 13.7. The number of aryl methyl sites for hydroxylation is 1. The normalized spacial score (nSPS) is 20.3. The highest BCUT2D eigenvalue weighted by molar-refractivity contribution is 5.90. The van der Waals surface area contributed by atoms with E-state index in [2.05, 4.69) is 39.3 Å². The Hall–Kier alpha value is -3.77. The topological polar surface area (TPSA) is 83.3 Å². The number of nitrogens with zero attached hydrogens (tertiary/aromatic N) is 3. The monoisotopic (exact) mass is 436 g/mol. The van der Waals surface area contributed by atoms with Gasteiger partial charge in [0.15, 0.2) is 5.65 Å². The molecule has 6 rings (SSSR count). The molecule has 1 aliphatic carbocycles. The lowest BCUT2D eigenvalue weighted by atomic mass is 9.69. The summed E-state index contributed by atoms with van der Waals surface area (Å²) in [6, 6.07) is 19.9. The van der Waals surface area contributed by atoms with Crippen molar-refractivity contribution in [2.75, 3.05) is 0 Å². The van der Waals surface area contributed by atoms with Crippen molar-refractivity contribution in [1.82, 2.24) is 19.6 Å². The highest BCUT2D eigenvalue weighted by Crippen LogP contribution is 2.44. The van der Waals surface area contributed by atoms with Crippen LogP contribution in [0.3, 0.4) is 0 Å². The average molecular weight is 437 g/mol. The van der Waals surface area contributed by atoms with Crippen LogP contribution in [0.15, 0.2) is 71.7 Å². The van der Waals surface area contributed by atoms with Crippen LogP contribution in [-0.2, 0) is 0 Å². The first-order valence-corrected chi connectivity index (χ1v) is 11.2. The minimum atomic E-state index is -0.561. The standard InChI is InChI=1S/C27H24N4O2/c1-16-12-22-28-15-21-25(32)23(18-6-4-3-5-7-18)24(29-26(21)31(22)30-16)19-10-8-17(9-11-19)20-13-27(2,33)14-20/h3-12,15,20,33H,13-14H2,1-2H3,(H,29,32). The van der Waals surface area contributed by atoms with Crippen LogP contribution < -0.4 is 5.43 Å². The van der Waals surface area contributed by atoms with Gasteiger partial charge in [-0.3, -0.25) is 4.79 Å². The Kier molecular flexibility index (Phi) is 4.29. The number of aromatic amines is 1. The van der Waals surface area contributed by atoms with Crippen LogP contribution in [0.2, 0.25) is 0 Å². The van der Waals surface area contributed by atoms with Gasteiger partial charge in [0.1, 0.15) is 5.65 Å². The fourth-order valence-corrected chi connectivity index (χ4v) is 5.02. The van der Waals surface area contributed by atoms with E-state index < -0.39 is 5.60 Å². The number of pyridine rings is 1. The maximum Gasteiger partial charge on any atom is 0.201 e. The van der Waals surface area contributed by atoms with Crippen LogP contribution in [0.4, 0.5) is 0 Å². The molecule has 6 heteroatoms. The van der Waals surface area contributed by atoms with Crippen molar-refractivity contribution in [3.05, 3.63) is 88.3 Å². The van der Waals surface area contributed by atoms with Gasteiger partial charge in [-0.25, -0.2) is 4.98 Å². The SMILES string of the molecule is Cc1cc2ncc3c(=O)c(-c4ccccc4)c(-c4ccc(C5CC(C)(O)C5)cc4)[nH]c3n2n1. The Balaban J connectivity index is 1.58. The molecular formula is C27H24N4O2. The predicted octanol–water partition coefficient (Wildman–Crippen LogP) is 4.84. The van der Waals surface area contributed by atoms with Gasteiger partial charge in [-0.05, 0) is 49.3 Å². The van der Waals surface area contributed by atoms with Gasteiger partial charge in [-0.2, -0.15) is 9.61 Å². The number of fused-ring (bicyclic) bond motifs is 3. The lowest BCUT2D eigenvalue weighted by Gasteiger charge is -2.41. The van der Waals surface area contributed by atoms with E-state index in [1.165, 1.54) is 5.56 Å². The van der Waals surface area contributed by atoms with Crippen LogP contribution in [0, 0.1) is 6.92 Å². The molecule has 0 spiro atoms. The lowest BCUT2D eigenvalue weighted by Crippen LogP contribution is -2.39. The molecule has 5 aromatic rings. The van der Waals surface area contributed by atoms with E-state index in [4.69, 9.17) is 0 Å². The summed E-state index contributed by atoms with van der Waals surface area (Å²) >= 11 is 0. The Morgan fingerprint density at radius 1 is 1.06 bits per heavy atom. The third-order valence-corrected chi connectivity index (χ3v) is 6.68. The molecule has 1 saturated carbocycles. The number of nitrogens with one attached hydrogen (secondary N) is 1. The molecule has 164 valence electrons. The Morgan fingerprint density at radius 3 is 2.48 bits per heavy atom. The number of hydrogen-bond acceptors (Lipinski definition) is 4. The minimum absolute atomic E-state index is 0.0772. The molecule has 0 bridgehead atoms. The summed E-state index contributed by atoms with van der Waals surface area (Å²) in [5, 5.41) is 15.2.